The second-order valence-corrected chi connectivity index (χ2v) is 3.24. The van der Waals surface area contributed by atoms with Gasteiger partial charge in [0.05, 0.1) is 10.1 Å². The van der Waals surface area contributed by atoms with Crippen LogP contribution in [0.3, 0.4) is 0 Å². The number of aromatic amines is 1. The van der Waals surface area contributed by atoms with Gasteiger partial charge >= 0.3 is 11.2 Å². The summed E-state index contributed by atoms with van der Waals surface area (Å²) < 4.78 is 8.35. The van der Waals surface area contributed by atoms with E-state index in [2.05, 4.69) is 14.4 Å². The molecule has 0 atom stereocenters. The number of nitro benzene ring substituents is 1. The van der Waals surface area contributed by atoms with E-state index in [1.807, 2.05) is 5.16 Å². The Morgan fingerprint density at radius 1 is 1.33 bits per heavy atom. The third-order valence-electron chi connectivity index (χ3n) is 2.34. The molecule has 0 saturated heterocycles. The molecule has 0 bridgehead atoms. The standard InChI is InChI=1S/C6HN5O7/c12-6-4-1(7-17-10(4)15)3(9(13)14)2-5(6)11(16)18-8-2/h7H. The quantitative estimate of drug-likeness (QED) is 0.307. The molecular formula is C6HN5O7. The van der Waals surface area contributed by atoms with E-state index in [1.54, 1.807) is 0 Å². The van der Waals surface area contributed by atoms with Gasteiger partial charge in [0.25, 0.3) is 22.3 Å². The number of rotatable bonds is 1. The first-order valence-electron chi connectivity index (χ1n) is 4.33. The van der Waals surface area contributed by atoms with Gasteiger partial charge < -0.3 is 15.0 Å². The van der Waals surface area contributed by atoms with Crippen LogP contribution in [-0.4, -0.2) is 15.2 Å². The summed E-state index contributed by atoms with van der Waals surface area (Å²) in [5, 5.41) is 38.3. The summed E-state index contributed by atoms with van der Waals surface area (Å²) in [6.45, 7) is 0. The first-order chi connectivity index (χ1) is 8.52. The van der Waals surface area contributed by atoms with Crippen molar-refractivity contribution in [3.63, 3.8) is 0 Å². The van der Waals surface area contributed by atoms with E-state index < -0.39 is 38.5 Å². The van der Waals surface area contributed by atoms with Crippen LogP contribution in [0.15, 0.2) is 14.1 Å². The second-order valence-electron chi connectivity index (χ2n) is 3.24. The molecule has 1 aromatic rings. The second kappa shape index (κ2) is 2.93. The molecule has 0 radical (unpaired) electrons. The van der Waals surface area contributed by atoms with Crippen molar-refractivity contribution in [1.82, 2.24) is 10.3 Å². The molecule has 12 heteroatoms. The molecule has 0 unspecified atom stereocenters. The van der Waals surface area contributed by atoms with Crippen LogP contribution in [-0.2, 0) is 0 Å². The highest BCUT2D eigenvalue weighted by atomic mass is 16.8. The fraction of sp³-hybridized carbons (Fsp3) is 0. The smallest absolute Gasteiger partial charge is 0.359 e. The van der Waals surface area contributed by atoms with E-state index in [4.69, 9.17) is 0 Å². The number of nitro groups is 1. The lowest BCUT2D eigenvalue weighted by molar-refractivity contribution is -0.794. The van der Waals surface area contributed by atoms with E-state index in [-0.39, 0.29) is 9.81 Å². The Morgan fingerprint density at radius 2 is 2.06 bits per heavy atom. The summed E-state index contributed by atoms with van der Waals surface area (Å²) in [6, 6.07) is 0. The topological polar surface area (TPSA) is 169 Å². The van der Waals surface area contributed by atoms with Crippen LogP contribution in [0.2, 0.25) is 0 Å². The minimum atomic E-state index is -1.08. The van der Waals surface area contributed by atoms with Crippen LogP contribution < -0.4 is 15.2 Å². The fourth-order valence-corrected chi connectivity index (χ4v) is 1.63. The van der Waals surface area contributed by atoms with Gasteiger partial charge in [-0.05, 0) is 9.81 Å². The van der Waals surface area contributed by atoms with Crippen molar-refractivity contribution in [3.05, 3.63) is 30.8 Å². The average molecular weight is 255 g/mol. The summed E-state index contributed by atoms with van der Waals surface area (Å²) in [5.41, 5.74) is -4.32. The van der Waals surface area contributed by atoms with Crippen molar-refractivity contribution < 1.29 is 24.0 Å². The van der Waals surface area contributed by atoms with Gasteiger partial charge in [-0.25, -0.2) is 0 Å². The number of fused-ring (bicyclic) bond motifs is 2. The van der Waals surface area contributed by atoms with E-state index in [1.165, 1.54) is 0 Å². The van der Waals surface area contributed by atoms with E-state index >= 15 is 0 Å². The molecule has 0 amide bonds. The molecule has 1 aromatic heterocycles. The minimum absolute atomic E-state index is 0.267. The number of aromatic nitrogens is 4. The largest absolute Gasteiger partial charge is 0.379 e. The molecule has 2 heterocycles. The molecule has 2 aliphatic rings. The zero-order valence-electron chi connectivity index (χ0n) is 8.15. The first-order valence-corrected chi connectivity index (χ1v) is 4.33. The number of benzene rings is 1. The van der Waals surface area contributed by atoms with Gasteiger partial charge in [-0.2, -0.15) is 5.16 Å². The number of hydrogen-bond donors (Lipinski definition) is 1. The molecular weight excluding hydrogens is 254 g/mol. The molecule has 12 nitrogen and oxygen atoms in total. The molecule has 18 heavy (non-hydrogen) atoms. The molecule has 1 N–H and O–H groups in total. The number of H-pyrrole nitrogens is 1. The van der Waals surface area contributed by atoms with Crippen LogP contribution in [0.5, 0.6) is 0 Å². The van der Waals surface area contributed by atoms with Crippen LogP contribution in [0.4, 0.5) is 5.69 Å². The van der Waals surface area contributed by atoms with Crippen LogP contribution in [0.1, 0.15) is 0 Å². The maximum atomic E-state index is 11.8. The van der Waals surface area contributed by atoms with Gasteiger partial charge in [-0.15, -0.1) is 0 Å². The Hall–Kier alpha value is -3.18. The van der Waals surface area contributed by atoms with Gasteiger partial charge in [0.1, 0.15) is 0 Å². The third kappa shape index (κ3) is 0.977. The van der Waals surface area contributed by atoms with Crippen molar-refractivity contribution in [1.29, 1.82) is 0 Å². The molecule has 0 saturated carbocycles. The van der Waals surface area contributed by atoms with Crippen LogP contribution >= 0.6 is 0 Å². The number of nitrogens with one attached hydrogen (secondary N) is 1. The van der Waals surface area contributed by atoms with Gasteiger partial charge in [-0.1, -0.05) is 0 Å². The Bertz CT molecular complexity index is 812. The molecule has 0 fully saturated rings. The van der Waals surface area contributed by atoms with Crippen LogP contribution in [0, 0.1) is 20.5 Å². The Kier molecular flexibility index (Phi) is 1.63. The zero-order chi connectivity index (χ0) is 13.0. The summed E-state index contributed by atoms with van der Waals surface area (Å²) in [4.78, 5) is 21.2. The van der Waals surface area contributed by atoms with Crippen molar-refractivity contribution >= 4 is 16.7 Å². The molecule has 3 rings (SSSR count). The van der Waals surface area contributed by atoms with Gasteiger partial charge in [0.2, 0.25) is 0 Å². The minimum Gasteiger partial charge on any atom is -0.359 e. The summed E-state index contributed by atoms with van der Waals surface area (Å²) in [6.07, 6.45) is 0. The SMILES string of the molecule is O=c1c2[n+]([O-])o[nH]c-2c([N+](=O)[O-])c2no[n+]([O-])c12. The van der Waals surface area contributed by atoms with Gasteiger partial charge in [0.15, 0.2) is 0 Å². The molecule has 92 valence electrons. The third-order valence-corrected chi connectivity index (χ3v) is 2.34. The molecule has 0 spiro atoms. The zero-order valence-corrected chi connectivity index (χ0v) is 8.15. The summed E-state index contributed by atoms with van der Waals surface area (Å²) in [7, 11) is 0. The van der Waals surface area contributed by atoms with E-state index in [0.717, 1.165) is 0 Å². The lowest BCUT2D eigenvalue weighted by atomic mass is 10.1. The highest BCUT2D eigenvalue weighted by Gasteiger charge is 2.41. The van der Waals surface area contributed by atoms with E-state index in [9.17, 15) is 25.3 Å². The fourth-order valence-electron chi connectivity index (χ4n) is 1.63. The molecule has 0 aromatic carbocycles. The Balaban J connectivity index is 2.69. The van der Waals surface area contributed by atoms with Crippen molar-refractivity contribution in [2.45, 2.75) is 0 Å². The predicted octanol–water partition coefficient (Wildman–Crippen LogP) is -1.61. The van der Waals surface area contributed by atoms with Crippen molar-refractivity contribution in [3.8, 4) is 11.4 Å². The molecule has 1 aliphatic carbocycles. The monoisotopic (exact) mass is 255 g/mol. The van der Waals surface area contributed by atoms with Crippen molar-refractivity contribution in [2.75, 3.05) is 0 Å². The first kappa shape index (κ1) is 10.0. The van der Waals surface area contributed by atoms with Crippen LogP contribution in [0.25, 0.3) is 22.4 Å². The Labute approximate surface area is 94.2 Å². The summed E-state index contributed by atoms with van der Waals surface area (Å²) in [5.74, 6) is 0. The summed E-state index contributed by atoms with van der Waals surface area (Å²) >= 11 is 0. The Morgan fingerprint density at radius 3 is 2.72 bits per heavy atom. The van der Waals surface area contributed by atoms with E-state index in [0.29, 0.717) is 0 Å². The van der Waals surface area contributed by atoms with Gasteiger partial charge in [-0.3, -0.25) is 19.5 Å². The highest BCUT2D eigenvalue weighted by molar-refractivity contribution is 5.91. The molecule has 1 aliphatic heterocycles. The van der Waals surface area contributed by atoms with Crippen molar-refractivity contribution in [2.24, 2.45) is 0 Å². The number of nitrogens with zero attached hydrogens (tertiary/aromatic N) is 4. The maximum absolute atomic E-state index is 11.8. The normalized spacial score (nSPS) is 11.3. The predicted molar refractivity (Wildman–Crippen MR) is 48.1 cm³/mol. The highest BCUT2D eigenvalue weighted by Crippen LogP contribution is 2.30. The average Bonchev–Trinajstić information content (AvgIpc) is 2.84. The number of hydrogen-bond acceptors (Lipinski definition) is 8. The lowest BCUT2D eigenvalue weighted by Crippen LogP contribution is -2.35. The maximum Gasteiger partial charge on any atom is 0.379 e. The lowest BCUT2D eigenvalue weighted by Gasteiger charge is -1.92. The van der Waals surface area contributed by atoms with Gasteiger partial charge in [0, 0.05) is 0 Å².